The number of hydrogen-bond acceptors (Lipinski definition) is 11. The number of rotatable bonds is 28. The first-order valence-electron chi connectivity index (χ1n) is 49.7. The molecular formula is C117H148O11Si3. The van der Waals surface area contributed by atoms with Gasteiger partial charge in [0.15, 0.2) is 23.0 Å². The molecule has 12 bridgehead atoms. The summed E-state index contributed by atoms with van der Waals surface area (Å²) in [7, 11) is -2.78. The molecule has 8 aromatic rings. The maximum Gasteiger partial charge on any atom is 0.308 e. The van der Waals surface area contributed by atoms with Gasteiger partial charge >= 0.3 is 11.9 Å². The Morgan fingerprint density at radius 3 is 1.07 bits per heavy atom. The third-order valence-electron chi connectivity index (χ3n) is 31.5. The number of phenols is 2. The summed E-state index contributed by atoms with van der Waals surface area (Å²) in [6.07, 6.45) is 47.6. The number of methoxy groups -OCH3 is 2. The van der Waals surface area contributed by atoms with E-state index >= 15 is 0 Å². The molecule has 131 heavy (non-hydrogen) atoms. The van der Waals surface area contributed by atoms with Gasteiger partial charge in [-0.2, -0.15) is 0 Å². The lowest BCUT2D eigenvalue weighted by atomic mass is 9.78. The van der Waals surface area contributed by atoms with Crippen molar-refractivity contribution in [2.75, 3.05) is 40.6 Å². The molecule has 694 valence electrons. The number of ether oxygens (including phenoxy) is 4. The minimum absolute atomic E-state index is 0.116. The summed E-state index contributed by atoms with van der Waals surface area (Å²) in [4.78, 5) is 23.4. The molecule has 2 N–H and O–H groups in total. The maximum atomic E-state index is 12.3. The van der Waals surface area contributed by atoms with E-state index in [9.17, 15) is 19.8 Å². The predicted molar refractivity (Wildman–Crippen MR) is 542 cm³/mol. The van der Waals surface area contributed by atoms with Crippen LogP contribution in [0.5, 0.6) is 28.7 Å². The van der Waals surface area contributed by atoms with Gasteiger partial charge in [-0.25, -0.2) is 0 Å². The first-order valence-corrected chi connectivity index (χ1v) is 56.8. The number of aromatic hydroxyl groups is 2. The zero-order valence-electron chi connectivity index (χ0n) is 80.5. The number of carbonyl (C=O) groups is 2. The Balaban J connectivity index is 0.000000121. The molecule has 0 aromatic heterocycles. The number of esters is 2. The molecule has 0 spiro atoms. The zero-order valence-corrected chi connectivity index (χ0v) is 83.5. The number of carbonyl (C=O) groups excluding carboxylic acids is 2. The first-order chi connectivity index (χ1) is 63.1. The minimum atomic E-state index is -2.14. The van der Waals surface area contributed by atoms with E-state index in [0.717, 1.165) is 145 Å². The van der Waals surface area contributed by atoms with Crippen molar-refractivity contribution in [3.05, 3.63) is 301 Å². The van der Waals surface area contributed by atoms with Crippen LogP contribution in [-0.2, 0) is 57.7 Å². The fraction of sp³-hybridized carbons (Fsp3) is 0.470. The summed E-state index contributed by atoms with van der Waals surface area (Å²) < 4.78 is 41.3. The van der Waals surface area contributed by atoms with Crippen molar-refractivity contribution in [1.82, 2.24) is 0 Å². The molecule has 0 saturated heterocycles. The van der Waals surface area contributed by atoms with E-state index in [-0.39, 0.29) is 28.5 Å². The normalized spacial score (nSPS) is 26.8. The molecule has 0 radical (unpaired) electrons. The molecule has 8 aromatic carbocycles. The number of aryl methyl sites for hydroxylation is 1. The molecule has 14 heteroatoms. The van der Waals surface area contributed by atoms with E-state index in [1.54, 1.807) is 20.3 Å². The molecule has 20 rings (SSSR count). The van der Waals surface area contributed by atoms with Crippen LogP contribution < -0.4 is 40.1 Å². The second kappa shape index (κ2) is 43.5. The molecular weight excluding hydrogens is 1670 g/mol. The molecule has 6 saturated carbocycles. The van der Waals surface area contributed by atoms with Crippen molar-refractivity contribution in [3.8, 4) is 28.7 Å². The maximum absolute atomic E-state index is 12.3. The van der Waals surface area contributed by atoms with E-state index in [4.69, 9.17) is 32.2 Å². The van der Waals surface area contributed by atoms with Crippen molar-refractivity contribution in [1.29, 1.82) is 0 Å². The highest BCUT2D eigenvalue weighted by molar-refractivity contribution is 6.97. The minimum Gasteiger partial charge on any atom is -0.507 e. The van der Waals surface area contributed by atoms with E-state index in [0.29, 0.717) is 72.0 Å². The molecule has 6 fully saturated rings. The van der Waals surface area contributed by atoms with Crippen molar-refractivity contribution in [2.45, 2.75) is 201 Å². The second-order valence-electron chi connectivity index (χ2n) is 42.5. The van der Waals surface area contributed by atoms with Crippen molar-refractivity contribution in [3.63, 3.8) is 0 Å². The predicted octanol–water partition coefficient (Wildman–Crippen LogP) is 23.5. The molecule has 0 aliphatic heterocycles. The number of fused-ring (bicyclic) bond motifs is 12. The Morgan fingerprint density at radius 2 is 0.718 bits per heavy atom. The van der Waals surface area contributed by atoms with Gasteiger partial charge in [0, 0.05) is 33.2 Å². The Bertz CT molecular complexity index is 5150. The second-order valence-corrected chi connectivity index (χ2v) is 53.9. The lowest BCUT2D eigenvalue weighted by Crippen LogP contribution is -2.60. The van der Waals surface area contributed by atoms with Gasteiger partial charge in [0.25, 0.3) is 16.6 Å². The lowest BCUT2D eigenvalue weighted by molar-refractivity contribution is -0.145. The van der Waals surface area contributed by atoms with Crippen LogP contribution in [0.4, 0.5) is 0 Å². The van der Waals surface area contributed by atoms with Gasteiger partial charge in [0.05, 0.1) is 20.8 Å². The fourth-order valence-electron chi connectivity index (χ4n) is 23.7. The number of phenolic OH excluding ortho intramolecular Hbond substituents is 2. The van der Waals surface area contributed by atoms with E-state index in [1.165, 1.54) is 115 Å². The monoisotopic (exact) mass is 1810 g/mol. The van der Waals surface area contributed by atoms with Crippen LogP contribution in [0.25, 0.3) is 0 Å². The van der Waals surface area contributed by atoms with Crippen LogP contribution in [0, 0.1) is 107 Å². The van der Waals surface area contributed by atoms with E-state index in [2.05, 4.69) is 305 Å². The highest BCUT2D eigenvalue weighted by Crippen LogP contribution is 2.51. The third-order valence-corrected chi connectivity index (χ3v) is 43.0. The zero-order chi connectivity index (χ0) is 92.0. The molecule has 19 atom stereocenters. The van der Waals surface area contributed by atoms with E-state index in [1.807, 2.05) is 30.3 Å². The van der Waals surface area contributed by atoms with Gasteiger partial charge in [-0.1, -0.05) is 304 Å². The molecule has 19 unspecified atom stereocenters. The van der Waals surface area contributed by atoms with Crippen LogP contribution >= 0.6 is 0 Å². The average molecular weight is 1810 g/mol. The summed E-state index contributed by atoms with van der Waals surface area (Å²) in [5, 5.41) is 27.4. The molecule has 12 aliphatic rings. The van der Waals surface area contributed by atoms with Gasteiger partial charge in [-0.3, -0.25) is 9.59 Å². The van der Waals surface area contributed by atoms with Gasteiger partial charge < -0.3 is 42.4 Å². The Labute approximate surface area is 787 Å². The number of hydrogen-bond donors (Lipinski definition) is 2. The summed E-state index contributed by atoms with van der Waals surface area (Å²) >= 11 is 0. The Hall–Kier alpha value is -9.13. The topological polar surface area (TPSA) is 139 Å². The van der Waals surface area contributed by atoms with Crippen molar-refractivity contribution in [2.24, 2.45) is 107 Å². The van der Waals surface area contributed by atoms with Crippen LogP contribution in [0.3, 0.4) is 0 Å². The van der Waals surface area contributed by atoms with Gasteiger partial charge in [-0.15, -0.1) is 0 Å². The lowest BCUT2D eigenvalue weighted by Gasteiger charge is -2.33. The van der Waals surface area contributed by atoms with Gasteiger partial charge in [0.1, 0.15) is 5.75 Å². The highest BCUT2D eigenvalue weighted by Gasteiger charge is 2.46. The molecule has 0 heterocycles. The SMILES string of the molecule is CC(C)(C)c1cc(CCC(=O)OCC2CC3C=CC2C3)cc(C(C)(C)C)c1O.CC[Si](C)(OCC1CC2C=CC1C2)c1ccccc1.CC[Si](OCC1CC2C=CC1C2)(c1ccccc1)c1ccccc1.COc1cc(CC2CC3C=CC2C3)ccc1O.COc1cc(CC2CC3C=CC2C3)ccc1OC(C)=O.C[Si](OCC1CC2C=CC1C2)(c1ccccc1)c1ccccc1. The molecule has 12 aliphatic carbocycles. The molecule has 0 amide bonds. The number of benzene rings is 8. The van der Waals surface area contributed by atoms with Crippen LogP contribution in [0.1, 0.15) is 174 Å². The summed E-state index contributed by atoms with van der Waals surface area (Å²) in [5.41, 5.74) is 5.18. The third kappa shape index (κ3) is 24.0. The molecule has 11 nitrogen and oxygen atoms in total. The fourth-order valence-corrected chi connectivity index (χ4v) is 32.5. The standard InChI is InChI=1S/C25H36O3.C22H26OSi.C21H24OSi.C17H20O3.C17H24OSi.C15H18O2/c1-24(2,3)20-13-17(14-21(23(20)27)25(4,5)6)8-10-22(26)28-15-19-12-16-7-9-18(19)11-16;1-2-24(21-9-5-3-6-10-21,22-11-7-4-8-12-22)23-17-20-16-18-13-14-19(20)15-18;1-23(20-8-4-2-5-9-20,21-10-6-3-7-11-21)22-16-19-15-17-12-13-18(19)14-17;1-11(18)20-16-6-4-13(10-17(16)19-2)9-15-8-12-3-5-14(15)7-12;1-3-19(2,17-7-5-4-6-8-17)18-13-16-12-14-9-10-15(16)11-14;1-17-15-9-11(3-5-14(15)16)8-13-7-10-2-4-12(13)6-10/h7,9,13-14,16,18-19,27H,8,10-12,15H2,1-6H3;3-14,18-20H,2,15-17H2,1H3;2-13,17-19H,14-16H2,1H3;3-6,10,12,14-15H,7-9H2,1-2H3;4-10,14-16H,3,11-13H2,1-2H3;2-5,9-10,12-13,16H,6-8H2,1H3. The first kappa shape index (κ1) is 96.4. The van der Waals surface area contributed by atoms with Gasteiger partial charge in [-0.05, 0) is 317 Å². The average Bonchev–Trinajstić information content (AvgIpc) is 1.79. The van der Waals surface area contributed by atoms with Crippen LogP contribution in [0.15, 0.2) is 273 Å². The largest absolute Gasteiger partial charge is 0.507 e. The Kier molecular flexibility index (Phi) is 32.0. The van der Waals surface area contributed by atoms with Crippen LogP contribution in [-0.4, -0.2) is 87.8 Å². The summed E-state index contributed by atoms with van der Waals surface area (Å²) in [6.45, 7) is 26.7. The quantitative estimate of drug-likeness (QED) is 0.0210. The van der Waals surface area contributed by atoms with E-state index < -0.39 is 25.0 Å². The summed E-state index contributed by atoms with van der Waals surface area (Å²) in [6, 6.07) is 72.3. The van der Waals surface area contributed by atoms with Crippen molar-refractivity contribution < 1.29 is 52.0 Å². The van der Waals surface area contributed by atoms with Crippen LogP contribution in [0.2, 0.25) is 25.2 Å². The van der Waals surface area contributed by atoms with Gasteiger partial charge in [0.2, 0.25) is 8.32 Å². The smallest absolute Gasteiger partial charge is 0.308 e. The van der Waals surface area contributed by atoms with Crippen molar-refractivity contribution >= 4 is 62.8 Å². The highest BCUT2D eigenvalue weighted by atomic mass is 28.4. The Morgan fingerprint density at radius 1 is 0.366 bits per heavy atom. The number of allylic oxidation sites excluding steroid dienone is 12. The summed E-state index contributed by atoms with van der Waals surface area (Å²) in [5.74, 6) is 15.4.